The highest BCUT2D eigenvalue weighted by molar-refractivity contribution is 14.0. The Balaban J connectivity index is 0.00000392. The average Bonchev–Trinajstić information content (AvgIpc) is 2.97. The molecule has 28 heavy (non-hydrogen) atoms. The largest absolute Gasteiger partial charge is 0.356 e. The molecular weight excluding hydrogens is 483 g/mol. The summed E-state index contributed by atoms with van der Waals surface area (Å²) in [5.41, 5.74) is 4.10. The van der Waals surface area contributed by atoms with Gasteiger partial charge in [0.15, 0.2) is 11.8 Å². The van der Waals surface area contributed by atoms with Crippen molar-refractivity contribution in [2.45, 2.75) is 40.2 Å². The predicted octanol–water partition coefficient (Wildman–Crippen LogP) is 3.39. The normalized spacial score (nSPS) is 11.2. The molecule has 2 aromatic rings. The van der Waals surface area contributed by atoms with Crippen molar-refractivity contribution in [1.29, 1.82) is 0 Å². The summed E-state index contributed by atoms with van der Waals surface area (Å²) in [6, 6.07) is 6.47. The van der Waals surface area contributed by atoms with Gasteiger partial charge in [0, 0.05) is 20.1 Å². The Hall–Kier alpha value is -1.29. The van der Waals surface area contributed by atoms with E-state index >= 15 is 0 Å². The fourth-order valence-corrected chi connectivity index (χ4v) is 3.32. The van der Waals surface area contributed by atoms with Crippen LogP contribution in [0.1, 0.15) is 34.8 Å². The summed E-state index contributed by atoms with van der Waals surface area (Å²) in [5, 5.41) is 15.2. The van der Waals surface area contributed by atoms with Crippen LogP contribution in [-0.4, -0.2) is 45.8 Å². The number of aliphatic imine (C=N–C) groups is 1. The Morgan fingerprint density at radius 3 is 2.39 bits per heavy atom. The quantitative estimate of drug-likeness (QED) is 0.232. The molecule has 2 N–H and O–H groups in total. The molecule has 0 saturated heterocycles. The zero-order valence-corrected chi connectivity index (χ0v) is 20.7. The zero-order chi connectivity index (χ0) is 19.6. The third-order valence-corrected chi connectivity index (χ3v) is 5.39. The smallest absolute Gasteiger partial charge is 0.191 e. The lowest BCUT2D eigenvalue weighted by Crippen LogP contribution is -2.39. The second kappa shape index (κ2) is 13.0. The number of halogens is 1. The van der Waals surface area contributed by atoms with Gasteiger partial charge >= 0.3 is 0 Å². The van der Waals surface area contributed by atoms with E-state index < -0.39 is 0 Å². The SMILES string of the molecule is CSCCCNC(=NCc1nnc(C)n1C)NCCc1c(C)cccc1C.I. The molecule has 1 aromatic carbocycles. The molecule has 0 fully saturated rings. The maximum atomic E-state index is 4.71. The van der Waals surface area contributed by atoms with Crippen molar-refractivity contribution in [2.24, 2.45) is 12.0 Å². The van der Waals surface area contributed by atoms with Gasteiger partial charge in [-0.15, -0.1) is 34.2 Å². The van der Waals surface area contributed by atoms with Gasteiger partial charge in [0.05, 0.1) is 0 Å². The minimum atomic E-state index is 0. The van der Waals surface area contributed by atoms with Crippen molar-refractivity contribution in [3.05, 3.63) is 46.5 Å². The number of nitrogens with one attached hydrogen (secondary N) is 2. The molecule has 0 amide bonds. The molecule has 0 unspecified atom stereocenters. The first kappa shape index (κ1) is 24.7. The second-order valence-corrected chi connectivity index (χ2v) is 7.69. The molecule has 0 spiro atoms. The Morgan fingerprint density at radius 2 is 1.79 bits per heavy atom. The van der Waals surface area contributed by atoms with Crippen molar-refractivity contribution in [1.82, 2.24) is 25.4 Å². The Kier molecular flexibility index (Phi) is 11.5. The fraction of sp³-hybridized carbons (Fsp3) is 0.550. The van der Waals surface area contributed by atoms with Crippen LogP contribution < -0.4 is 10.6 Å². The molecular formula is C20H33IN6S. The summed E-state index contributed by atoms with van der Waals surface area (Å²) in [7, 11) is 1.97. The Labute approximate surface area is 190 Å². The van der Waals surface area contributed by atoms with Crippen LogP contribution >= 0.6 is 35.7 Å². The van der Waals surface area contributed by atoms with E-state index in [4.69, 9.17) is 4.99 Å². The topological polar surface area (TPSA) is 67.1 Å². The highest BCUT2D eigenvalue weighted by atomic mass is 127. The molecule has 0 aliphatic carbocycles. The van der Waals surface area contributed by atoms with E-state index in [-0.39, 0.29) is 24.0 Å². The van der Waals surface area contributed by atoms with E-state index in [0.717, 1.165) is 49.3 Å². The summed E-state index contributed by atoms with van der Waals surface area (Å²) in [6.07, 6.45) is 4.23. The molecule has 0 aliphatic rings. The molecule has 0 radical (unpaired) electrons. The lowest BCUT2D eigenvalue weighted by Gasteiger charge is -2.14. The number of aromatic nitrogens is 3. The number of benzene rings is 1. The van der Waals surface area contributed by atoms with Crippen LogP contribution in [0.3, 0.4) is 0 Å². The standard InChI is InChI=1S/C20H32N6S.HI/c1-15-8-6-9-16(2)18(15)10-12-22-20(21-11-7-13-27-5)23-14-19-25-24-17(3)26(19)4;/h6,8-9H,7,10-14H2,1-5H3,(H2,21,22,23);1H. The van der Waals surface area contributed by atoms with E-state index in [1.165, 1.54) is 16.7 Å². The predicted molar refractivity (Wildman–Crippen MR) is 131 cm³/mol. The molecule has 8 heteroatoms. The van der Waals surface area contributed by atoms with Crippen LogP contribution in [-0.2, 0) is 20.0 Å². The maximum Gasteiger partial charge on any atom is 0.191 e. The van der Waals surface area contributed by atoms with Crippen molar-refractivity contribution in [3.63, 3.8) is 0 Å². The van der Waals surface area contributed by atoms with Crippen LogP contribution in [0, 0.1) is 20.8 Å². The fourth-order valence-electron chi connectivity index (χ4n) is 2.89. The van der Waals surface area contributed by atoms with E-state index in [9.17, 15) is 0 Å². The highest BCUT2D eigenvalue weighted by Gasteiger charge is 2.06. The molecule has 0 atom stereocenters. The van der Waals surface area contributed by atoms with Gasteiger partial charge in [0.1, 0.15) is 12.4 Å². The summed E-state index contributed by atoms with van der Waals surface area (Å²) < 4.78 is 1.98. The van der Waals surface area contributed by atoms with Crippen LogP contribution in [0.2, 0.25) is 0 Å². The number of hydrogen-bond acceptors (Lipinski definition) is 4. The number of rotatable bonds is 9. The van der Waals surface area contributed by atoms with Gasteiger partial charge in [-0.05, 0) is 62.3 Å². The summed E-state index contributed by atoms with van der Waals surface area (Å²) >= 11 is 1.86. The molecule has 0 saturated carbocycles. The van der Waals surface area contributed by atoms with Crippen molar-refractivity contribution >= 4 is 41.7 Å². The van der Waals surface area contributed by atoms with Gasteiger partial charge in [-0.3, -0.25) is 0 Å². The average molecular weight is 516 g/mol. The number of nitrogens with zero attached hydrogens (tertiary/aromatic N) is 4. The van der Waals surface area contributed by atoms with Gasteiger partial charge in [-0.1, -0.05) is 18.2 Å². The van der Waals surface area contributed by atoms with Gasteiger partial charge in [0.25, 0.3) is 0 Å². The Bertz CT molecular complexity index is 739. The van der Waals surface area contributed by atoms with Crippen molar-refractivity contribution in [2.75, 3.05) is 25.1 Å². The molecule has 1 heterocycles. The first-order chi connectivity index (χ1) is 13.0. The maximum absolute atomic E-state index is 4.71. The molecule has 0 aliphatic heterocycles. The van der Waals surface area contributed by atoms with E-state index in [1.807, 2.05) is 30.3 Å². The number of aryl methyl sites for hydroxylation is 3. The Morgan fingerprint density at radius 1 is 1.11 bits per heavy atom. The van der Waals surface area contributed by atoms with Crippen LogP contribution in [0.15, 0.2) is 23.2 Å². The van der Waals surface area contributed by atoms with Crippen LogP contribution in [0.25, 0.3) is 0 Å². The molecule has 0 bridgehead atoms. The van der Waals surface area contributed by atoms with E-state index in [2.05, 4.69) is 59.1 Å². The van der Waals surface area contributed by atoms with Gasteiger partial charge in [-0.2, -0.15) is 11.8 Å². The highest BCUT2D eigenvalue weighted by Crippen LogP contribution is 2.13. The number of guanidine groups is 1. The molecule has 2 rings (SSSR count). The third-order valence-electron chi connectivity index (χ3n) is 4.69. The molecule has 6 nitrogen and oxygen atoms in total. The number of hydrogen-bond donors (Lipinski definition) is 2. The van der Waals surface area contributed by atoms with E-state index in [0.29, 0.717) is 6.54 Å². The van der Waals surface area contributed by atoms with Crippen LogP contribution in [0.5, 0.6) is 0 Å². The lowest BCUT2D eigenvalue weighted by atomic mass is 10.0. The summed E-state index contributed by atoms with van der Waals surface area (Å²) in [5.74, 6) is 3.75. The lowest BCUT2D eigenvalue weighted by molar-refractivity contribution is 0.741. The number of thioether (sulfide) groups is 1. The second-order valence-electron chi connectivity index (χ2n) is 6.71. The van der Waals surface area contributed by atoms with Crippen molar-refractivity contribution < 1.29 is 0 Å². The summed E-state index contributed by atoms with van der Waals surface area (Å²) in [6.45, 7) is 8.57. The van der Waals surface area contributed by atoms with Gasteiger partial charge < -0.3 is 15.2 Å². The first-order valence-electron chi connectivity index (χ1n) is 9.44. The van der Waals surface area contributed by atoms with Gasteiger partial charge in [0.2, 0.25) is 0 Å². The van der Waals surface area contributed by atoms with Gasteiger partial charge in [-0.25, -0.2) is 4.99 Å². The van der Waals surface area contributed by atoms with Crippen LogP contribution in [0.4, 0.5) is 0 Å². The van der Waals surface area contributed by atoms with E-state index in [1.54, 1.807) is 0 Å². The van der Waals surface area contributed by atoms with Crippen molar-refractivity contribution in [3.8, 4) is 0 Å². The third kappa shape index (κ3) is 7.62. The molecule has 156 valence electrons. The minimum Gasteiger partial charge on any atom is -0.356 e. The minimum absolute atomic E-state index is 0. The zero-order valence-electron chi connectivity index (χ0n) is 17.6. The summed E-state index contributed by atoms with van der Waals surface area (Å²) in [4.78, 5) is 4.71. The molecule has 1 aromatic heterocycles. The first-order valence-corrected chi connectivity index (χ1v) is 10.8. The monoisotopic (exact) mass is 516 g/mol.